The van der Waals surface area contributed by atoms with Gasteiger partial charge in [0.2, 0.25) is 0 Å². The van der Waals surface area contributed by atoms with Crippen molar-refractivity contribution in [2.24, 2.45) is 11.7 Å². The third-order valence-corrected chi connectivity index (χ3v) is 3.56. The fourth-order valence-corrected chi connectivity index (χ4v) is 2.70. The van der Waals surface area contributed by atoms with Crippen LogP contribution in [0.1, 0.15) is 34.0 Å². The SMILES string of the molecule is Cc1cc(C(=O)N(C)CC(C)C)sc1C#CCN. The van der Waals surface area contributed by atoms with Crippen molar-refractivity contribution in [2.45, 2.75) is 20.8 Å². The summed E-state index contributed by atoms with van der Waals surface area (Å²) in [5, 5.41) is 0. The molecule has 1 heterocycles. The summed E-state index contributed by atoms with van der Waals surface area (Å²) in [6.07, 6.45) is 0. The molecule has 4 heteroatoms. The Bertz CT molecular complexity index is 480. The minimum Gasteiger partial charge on any atom is -0.341 e. The van der Waals surface area contributed by atoms with Crippen molar-refractivity contribution in [2.75, 3.05) is 20.1 Å². The number of thiophene rings is 1. The van der Waals surface area contributed by atoms with Crippen LogP contribution < -0.4 is 5.73 Å². The van der Waals surface area contributed by atoms with Crippen LogP contribution >= 0.6 is 11.3 Å². The summed E-state index contributed by atoms with van der Waals surface area (Å²) in [5.41, 5.74) is 6.40. The molecular formula is C14H20N2OS. The van der Waals surface area contributed by atoms with Crippen LogP contribution in [0.4, 0.5) is 0 Å². The Morgan fingerprint density at radius 3 is 2.78 bits per heavy atom. The Balaban J connectivity index is 2.87. The summed E-state index contributed by atoms with van der Waals surface area (Å²) in [4.78, 5) is 15.6. The van der Waals surface area contributed by atoms with Crippen molar-refractivity contribution < 1.29 is 4.79 Å². The van der Waals surface area contributed by atoms with E-state index in [-0.39, 0.29) is 5.91 Å². The van der Waals surface area contributed by atoms with Crippen LogP contribution in [0.15, 0.2) is 6.07 Å². The summed E-state index contributed by atoms with van der Waals surface area (Å²) in [7, 11) is 1.84. The second kappa shape index (κ2) is 6.58. The third kappa shape index (κ3) is 3.86. The van der Waals surface area contributed by atoms with E-state index in [2.05, 4.69) is 25.7 Å². The number of carbonyl (C=O) groups excluding carboxylic acids is 1. The van der Waals surface area contributed by atoms with E-state index in [1.54, 1.807) is 4.90 Å². The van der Waals surface area contributed by atoms with Crippen LogP contribution in [-0.2, 0) is 0 Å². The molecule has 0 bridgehead atoms. The van der Waals surface area contributed by atoms with Gasteiger partial charge in [-0.1, -0.05) is 25.7 Å². The highest BCUT2D eigenvalue weighted by atomic mass is 32.1. The third-order valence-electron chi connectivity index (χ3n) is 2.42. The lowest BCUT2D eigenvalue weighted by atomic mass is 10.2. The van der Waals surface area contributed by atoms with Crippen molar-refractivity contribution in [3.8, 4) is 11.8 Å². The van der Waals surface area contributed by atoms with Gasteiger partial charge in [-0.25, -0.2) is 0 Å². The van der Waals surface area contributed by atoms with Crippen LogP contribution in [0.3, 0.4) is 0 Å². The fraction of sp³-hybridized carbons (Fsp3) is 0.500. The number of rotatable bonds is 3. The van der Waals surface area contributed by atoms with Gasteiger partial charge in [-0.15, -0.1) is 11.3 Å². The molecule has 0 unspecified atom stereocenters. The van der Waals surface area contributed by atoms with Gasteiger partial charge >= 0.3 is 0 Å². The van der Waals surface area contributed by atoms with E-state index in [0.29, 0.717) is 12.5 Å². The van der Waals surface area contributed by atoms with Gasteiger partial charge in [-0.2, -0.15) is 0 Å². The second-order valence-electron chi connectivity index (χ2n) is 4.71. The topological polar surface area (TPSA) is 46.3 Å². The standard InChI is InChI=1S/C14H20N2OS/c1-10(2)9-16(4)14(17)13-8-11(3)12(18-13)6-5-7-15/h8,10H,7,9,15H2,1-4H3. The Morgan fingerprint density at radius 1 is 1.56 bits per heavy atom. The zero-order valence-corrected chi connectivity index (χ0v) is 12.2. The highest BCUT2D eigenvalue weighted by molar-refractivity contribution is 7.14. The zero-order chi connectivity index (χ0) is 13.7. The smallest absolute Gasteiger partial charge is 0.263 e. The van der Waals surface area contributed by atoms with Gasteiger partial charge in [0.25, 0.3) is 5.91 Å². The quantitative estimate of drug-likeness (QED) is 0.850. The molecule has 0 spiro atoms. The minimum absolute atomic E-state index is 0.0672. The molecule has 0 aliphatic heterocycles. The molecule has 1 amide bonds. The van der Waals surface area contributed by atoms with Crippen molar-refractivity contribution in [3.63, 3.8) is 0 Å². The zero-order valence-electron chi connectivity index (χ0n) is 11.4. The van der Waals surface area contributed by atoms with Crippen LogP contribution in [0, 0.1) is 24.7 Å². The van der Waals surface area contributed by atoms with Crippen molar-refractivity contribution in [1.29, 1.82) is 0 Å². The molecular weight excluding hydrogens is 244 g/mol. The van der Waals surface area contributed by atoms with Crippen LogP contribution in [-0.4, -0.2) is 30.9 Å². The fourth-order valence-electron chi connectivity index (χ4n) is 1.66. The second-order valence-corrected chi connectivity index (χ2v) is 5.76. The molecule has 98 valence electrons. The molecule has 2 N–H and O–H groups in total. The molecule has 0 aliphatic rings. The first-order chi connectivity index (χ1) is 8.45. The predicted molar refractivity (Wildman–Crippen MR) is 76.8 cm³/mol. The Labute approximate surface area is 113 Å². The molecule has 1 aromatic rings. The Morgan fingerprint density at radius 2 is 2.22 bits per heavy atom. The maximum absolute atomic E-state index is 12.2. The first-order valence-corrected chi connectivity index (χ1v) is 6.82. The van der Waals surface area contributed by atoms with Gasteiger partial charge in [0.1, 0.15) is 0 Å². The molecule has 0 aliphatic carbocycles. The van der Waals surface area contributed by atoms with Gasteiger partial charge < -0.3 is 10.6 Å². The lowest BCUT2D eigenvalue weighted by Gasteiger charge is -2.18. The monoisotopic (exact) mass is 264 g/mol. The lowest BCUT2D eigenvalue weighted by Crippen LogP contribution is -2.29. The molecule has 0 saturated heterocycles. The van der Waals surface area contributed by atoms with Gasteiger partial charge in [-0.05, 0) is 24.5 Å². The molecule has 0 atom stereocenters. The van der Waals surface area contributed by atoms with E-state index >= 15 is 0 Å². The van der Waals surface area contributed by atoms with Crippen molar-refractivity contribution >= 4 is 17.2 Å². The summed E-state index contributed by atoms with van der Waals surface area (Å²) in [6.45, 7) is 7.27. The van der Waals surface area contributed by atoms with Gasteiger partial charge in [0.15, 0.2) is 0 Å². The van der Waals surface area contributed by atoms with E-state index in [9.17, 15) is 4.79 Å². The number of nitrogens with two attached hydrogens (primary N) is 1. The molecule has 1 aromatic heterocycles. The largest absolute Gasteiger partial charge is 0.341 e. The number of amides is 1. The molecule has 0 fully saturated rings. The number of carbonyl (C=O) groups is 1. The summed E-state index contributed by atoms with van der Waals surface area (Å²) in [5.74, 6) is 6.36. The number of nitrogens with zero attached hydrogens (tertiary/aromatic N) is 1. The van der Waals surface area contributed by atoms with E-state index in [1.165, 1.54) is 11.3 Å². The summed E-state index contributed by atoms with van der Waals surface area (Å²) < 4.78 is 0. The highest BCUT2D eigenvalue weighted by Crippen LogP contribution is 2.22. The Hall–Kier alpha value is -1.31. The number of hydrogen-bond donors (Lipinski definition) is 1. The van der Waals surface area contributed by atoms with Crippen molar-refractivity contribution in [1.82, 2.24) is 4.90 Å². The maximum Gasteiger partial charge on any atom is 0.263 e. The average Bonchev–Trinajstić information content (AvgIpc) is 2.66. The van der Waals surface area contributed by atoms with Gasteiger partial charge in [0, 0.05) is 13.6 Å². The number of hydrogen-bond acceptors (Lipinski definition) is 3. The Kier molecular flexibility index (Phi) is 5.39. The minimum atomic E-state index is 0.0672. The molecule has 0 radical (unpaired) electrons. The van der Waals surface area contributed by atoms with Crippen LogP contribution in [0.2, 0.25) is 0 Å². The normalized spacial score (nSPS) is 10.1. The summed E-state index contributed by atoms with van der Waals surface area (Å²) in [6, 6.07) is 1.91. The molecule has 1 rings (SSSR count). The van der Waals surface area contributed by atoms with Crippen LogP contribution in [0.5, 0.6) is 0 Å². The average molecular weight is 264 g/mol. The summed E-state index contributed by atoms with van der Waals surface area (Å²) >= 11 is 1.44. The molecule has 18 heavy (non-hydrogen) atoms. The van der Waals surface area contributed by atoms with E-state index in [0.717, 1.165) is 21.9 Å². The predicted octanol–water partition coefficient (Wildman–Crippen LogP) is 2.09. The van der Waals surface area contributed by atoms with Gasteiger partial charge in [0.05, 0.1) is 16.3 Å². The molecule has 3 nitrogen and oxygen atoms in total. The van der Waals surface area contributed by atoms with E-state index < -0.39 is 0 Å². The highest BCUT2D eigenvalue weighted by Gasteiger charge is 2.16. The molecule has 0 saturated carbocycles. The number of aryl methyl sites for hydroxylation is 1. The van der Waals surface area contributed by atoms with E-state index in [4.69, 9.17) is 5.73 Å². The first-order valence-electron chi connectivity index (χ1n) is 6.00. The molecule has 0 aromatic carbocycles. The van der Waals surface area contributed by atoms with E-state index in [1.807, 2.05) is 20.0 Å². The maximum atomic E-state index is 12.2. The lowest BCUT2D eigenvalue weighted by molar-refractivity contribution is 0.0784. The van der Waals surface area contributed by atoms with Gasteiger partial charge in [-0.3, -0.25) is 4.79 Å². The van der Waals surface area contributed by atoms with Crippen LogP contribution in [0.25, 0.3) is 0 Å². The first kappa shape index (κ1) is 14.7. The van der Waals surface area contributed by atoms with Crippen molar-refractivity contribution in [3.05, 3.63) is 21.4 Å².